The molecule has 0 aliphatic carbocycles. The van der Waals surface area contributed by atoms with Gasteiger partial charge in [-0.25, -0.2) is 8.42 Å². The molecule has 0 bridgehead atoms. The summed E-state index contributed by atoms with van der Waals surface area (Å²) in [6, 6.07) is 2.18. The lowest BCUT2D eigenvalue weighted by molar-refractivity contribution is 0.463. The molecule has 2 rings (SSSR count). The molecule has 0 radical (unpaired) electrons. The molecule has 1 fully saturated rings. The standard InChI is InChI=1S/C14H23BrN2O2S2/c1-9(2)16-6-12-5-13(14(15)20-12)21(18,19)17-7-10(3)11(4)8-17/h5,9-11,16H,6-8H2,1-4H3. The third-order valence-corrected chi connectivity index (χ3v) is 8.05. The van der Waals surface area contributed by atoms with Gasteiger partial charge in [0.05, 0.1) is 3.79 Å². The quantitative estimate of drug-likeness (QED) is 0.833. The molecule has 1 aliphatic heterocycles. The van der Waals surface area contributed by atoms with Crippen LogP contribution in [0.3, 0.4) is 0 Å². The van der Waals surface area contributed by atoms with E-state index in [4.69, 9.17) is 0 Å². The Hall–Kier alpha value is 0.0500. The molecule has 1 aromatic rings. The largest absolute Gasteiger partial charge is 0.310 e. The Bertz CT molecular complexity index is 588. The first-order valence-electron chi connectivity index (χ1n) is 7.23. The number of thiophene rings is 1. The summed E-state index contributed by atoms with van der Waals surface area (Å²) in [4.78, 5) is 1.45. The van der Waals surface area contributed by atoms with Gasteiger partial charge in [0, 0.05) is 30.6 Å². The van der Waals surface area contributed by atoms with Crippen molar-refractivity contribution in [2.75, 3.05) is 13.1 Å². The number of nitrogens with one attached hydrogen (secondary N) is 1. The summed E-state index contributed by atoms with van der Waals surface area (Å²) in [6.07, 6.45) is 0. The second-order valence-corrected chi connectivity index (χ2v) is 10.5. The minimum Gasteiger partial charge on any atom is -0.310 e. The molecule has 0 spiro atoms. The van der Waals surface area contributed by atoms with Gasteiger partial charge in [0.2, 0.25) is 10.0 Å². The van der Waals surface area contributed by atoms with Gasteiger partial charge in [-0.05, 0) is 33.8 Å². The van der Waals surface area contributed by atoms with E-state index in [9.17, 15) is 8.42 Å². The fourth-order valence-electron chi connectivity index (χ4n) is 2.38. The second-order valence-electron chi connectivity index (χ2n) is 6.16. The van der Waals surface area contributed by atoms with Crippen LogP contribution < -0.4 is 5.32 Å². The molecule has 0 amide bonds. The van der Waals surface area contributed by atoms with Gasteiger partial charge in [-0.3, -0.25) is 0 Å². The van der Waals surface area contributed by atoms with Gasteiger partial charge in [-0.15, -0.1) is 11.3 Å². The number of sulfonamides is 1. The third-order valence-electron chi connectivity index (χ3n) is 3.96. The van der Waals surface area contributed by atoms with Crippen molar-refractivity contribution >= 4 is 37.3 Å². The Morgan fingerprint density at radius 1 is 1.38 bits per heavy atom. The minimum absolute atomic E-state index is 0.381. The Morgan fingerprint density at radius 3 is 2.48 bits per heavy atom. The number of nitrogens with zero attached hydrogens (tertiary/aromatic N) is 1. The normalized spacial score (nSPS) is 24.1. The van der Waals surface area contributed by atoms with E-state index in [1.807, 2.05) is 0 Å². The maximum absolute atomic E-state index is 12.8. The predicted molar refractivity (Wildman–Crippen MR) is 91.1 cm³/mol. The van der Waals surface area contributed by atoms with Crippen molar-refractivity contribution < 1.29 is 8.42 Å². The first kappa shape index (κ1) is 17.4. The van der Waals surface area contributed by atoms with E-state index in [2.05, 4.69) is 48.9 Å². The molecule has 21 heavy (non-hydrogen) atoms. The van der Waals surface area contributed by atoms with Gasteiger partial charge in [-0.2, -0.15) is 4.31 Å². The van der Waals surface area contributed by atoms with Gasteiger partial charge in [0.25, 0.3) is 0 Å². The van der Waals surface area contributed by atoms with Crippen molar-refractivity contribution in [3.05, 3.63) is 14.7 Å². The van der Waals surface area contributed by atoms with Gasteiger partial charge in [0.1, 0.15) is 4.90 Å². The molecule has 1 aliphatic rings. The van der Waals surface area contributed by atoms with Crippen LogP contribution in [-0.4, -0.2) is 31.9 Å². The maximum atomic E-state index is 12.8. The molecule has 1 saturated heterocycles. The summed E-state index contributed by atoms with van der Waals surface area (Å²) in [5, 5.41) is 3.32. The van der Waals surface area contributed by atoms with Crippen LogP contribution in [-0.2, 0) is 16.6 Å². The Morgan fingerprint density at radius 2 is 1.95 bits per heavy atom. The lowest BCUT2D eigenvalue weighted by Gasteiger charge is -2.15. The molecule has 1 aromatic heterocycles. The molecule has 0 saturated carbocycles. The van der Waals surface area contributed by atoms with E-state index in [0.29, 0.717) is 46.2 Å². The fraction of sp³-hybridized carbons (Fsp3) is 0.714. The highest BCUT2D eigenvalue weighted by atomic mass is 79.9. The van der Waals surface area contributed by atoms with Crippen molar-refractivity contribution in [1.29, 1.82) is 0 Å². The lowest BCUT2D eigenvalue weighted by atomic mass is 10.0. The third kappa shape index (κ3) is 3.88. The smallest absolute Gasteiger partial charge is 0.245 e. The van der Waals surface area contributed by atoms with Crippen molar-refractivity contribution in [3.8, 4) is 0 Å². The zero-order valence-corrected chi connectivity index (χ0v) is 16.1. The Balaban J connectivity index is 2.21. The average Bonchev–Trinajstić information content (AvgIpc) is 2.92. The summed E-state index contributed by atoms with van der Waals surface area (Å²) in [5.74, 6) is 0.832. The van der Waals surface area contributed by atoms with Crippen LogP contribution in [0.2, 0.25) is 0 Å². The second kappa shape index (κ2) is 6.66. The van der Waals surface area contributed by atoms with Crippen LogP contribution in [0.5, 0.6) is 0 Å². The number of rotatable bonds is 5. The summed E-state index contributed by atoms with van der Waals surface area (Å²) in [5.41, 5.74) is 0. The highest BCUT2D eigenvalue weighted by Gasteiger charge is 2.36. The van der Waals surface area contributed by atoms with E-state index >= 15 is 0 Å². The van der Waals surface area contributed by atoms with E-state index in [-0.39, 0.29) is 0 Å². The molecule has 1 N–H and O–H groups in total. The molecule has 120 valence electrons. The van der Waals surface area contributed by atoms with Crippen molar-refractivity contribution in [2.45, 2.75) is 45.2 Å². The Labute approximate surface area is 140 Å². The van der Waals surface area contributed by atoms with Gasteiger partial charge in [-0.1, -0.05) is 27.7 Å². The van der Waals surface area contributed by atoms with E-state index in [1.165, 1.54) is 11.3 Å². The summed E-state index contributed by atoms with van der Waals surface area (Å²) in [6.45, 7) is 10.3. The number of halogens is 1. The molecule has 0 aromatic carbocycles. The number of hydrogen-bond donors (Lipinski definition) is 1. The van der Waals surface area contributed by atoms with E-state index in [1.54, 1.807) is 10.4 Å². The monoisotopic (exact) mass is 394 g/mol. The zero-order valence-electron chi connectivity index (χ0n) is 12.9. The summed E-state index contributed by atoms with van der Waals surface area (Å²) < 4.78 is 27.9. The minimum atomic E-state index is -3.38. The zero-order chi connectivity index (χ0) is 15.8. The topological polar surface area (TPSA) is 49.4 Å². The number of hydrogen-bond acceptors (Lipinski definition) is 4. The molecule has 2 atom stereocenters. The van der Waals surface area contributed by atoms with Crippen LogP contribution in [0.25, 0.3) is 0 Å². The summed E-state index contributed by atoms with van der Waals surface area (Å²) in [7, 11) is -3.38. The van der Waals surface area contributed by atoms with Crippen LogP contribution in [0.4, 0.5) is 0 Å². The van der Waals surface area contributed by atoms with Crippen molar-refractivity contribution in [3.63, 3.8) is 0 Å². The molecule has 7 heteroatoms. The van der Waals surface area contributed by atoms with Gasteiger partial charge >= 0.3 is 0 Å². The maximum Gasteiger partial charge on any atom is 0.245 e. The SMILES string of the molecule is CC(C)NCc1cc(S(=O)(=O)N2CC(C)C(C)C2)c(Br)s1. The molecule has 2 heterocycles. The van der Waals surface area contributed by atoms with Gasteiger partial charge < -0.3 is 5.32 Å². The van der Waals surface area contributed by atoms with Crippen molar-refractivity contribution in [1.82, 2.24) is 9.62 Å². The molecule has 2 unspecified atom stereocenters. The molecular weight excluding hydrogens is 372 g/mol. The highest BCUT2D eigenvalue weighted by Crippen LogP contribution is 2.36. The lowest BCUT2D eigenvalue weighted by Crippen LogP contribution is -2.29. The van der Waals surface area contributed by atoms with Crippen LogP contribution in [0.15, 0.2) is 14.7 Å². The predicted octanol–water partition coefficient (Wildman–Crippen LogP) is 3.29. The first-order valence-corrected chi connectivity index (χ1v) is 10.3. The fourth-order valence-corrected chi connectivity index (χ4v) is 6.60. The molecule has 4 nitrogen and oxygen atoms in total. The highest BCUT2D eigenvalue weighted by molar-refractivity contribution is 9.11. The van der Waals surface area contributed by atoms with E-state index in [0.717, 1.165) is 4.88 Å². The van der Waals surface area contributed by atoms with Crippen LogP contribution >= 0.6 is 27.3 Å². The Kier molecular flexibility index (Phi) is 5.52. The first-order chi connectivity index (χ1) is 9.71. The van der Waals surface area contributed by atoms with Gasteiger partial charge in [0.15, 0.2) is 0 Å². The van der Waals surface area contributed by atoms with E-state index < -0.39 is 10.0 Å². The summed E-state index contributed by atoms with van der Waals surface area (Å²) >= 11 is 4.91. The van der Waals surface area contributed by atoms with Crippen LogP contribution in [0.1, 0.15) is 32.6 Å². The van der Waals surface area contributed by atoms with Crippen LogP contribution in [0, 0.1) is 11.8 Å². The average molecular weight is 395 g/mol. The van der Waals surface area contributed by atoms with Crippen molar-refractivity contribution in [2.24, 2.45) is 11.8 Å². The molecular formula is C14H23BrN2O2S2.